The molecule has 1 aromatic heterocycles. The van der Waals surface area contributed by atoms with Gasteiger partial charge in [-0.2, -0.15) is 0 Å². The SMILES string of the molecule is CCC[CH2][Sn][c]1cc(C(=O)OCC)no1. The molecular formula is C10H15NO3Sn. The average molecular weight is 316 g/mol. The maximum absolute atomic E-state index is 11.3. The van der Waals surface area contributed by atoms with Gasteiger partial charge in [0.1, 0.15) is 0 Å². The van der Waals surface area contributed by atoms with Gasteiger partial charge in [-0.15, -0.1) is 0 Å². The second kappa shape index (κ2) is 6.87. The zero-order valence-corrected chi connectivity index (χ0v) is 11.9. The Balaban J connectivity index is 2.45. The Hall–Kier alpha value is -0.521. The van der Waals surface area contributed by atoms with Crippen molar-refractivity contribution >= 4 is 30.9 Å². The molecule has 1 aromatic rings. The molecule has 0 saturated carbocycles. The van der Waals surface area contributed by atoms with E-state index in [0.717, 1.165) is 3.78 Å². The molecule has 0 amide bonds. The molecule has 0 unspecified atom stereocenters. The molecule has 4 nitrogen and oxygen atoms in total. The standard InChI is InChI=1S/C6H6NO3.C4H9.Sn/c1-2-9-6(8)5-3-4-10-7-5;1-3-4-2;/h3H,2H2,1H3;1,3-4H2,2H3;. The predicted molar refractivity (Wildman–Crippen MR) is 57.6 cm³/mol. The van der Waals surface area contributed by atoms with Crippen molar-refractivity contribution in [1.82, 2.24) is 5.16 Å². The number of ether oxygens (including phenoxy) is 1. The van der Waals surface area contributed by atoms with Crippen LogP contribution >= 0.6 is 0 Å². The Kier molecular flexibility index (Phi) is 5.75. The molecule has 5 heteroatoms. The van der Waals surface area contributed by atoms with Crippen LogP contribution in [0.2, 0.25) is 4.44 Å². The van der Waals surface area contributed by atoms with Crippen LogP contribution in [0.1, 0.15) is 37.2 Å². The fraction of sp³-hybridized carbons (Fsp3) is 0.600. The van der Waals surface area contributed by atoms with E-state index in [2.05, 4.69) is 12.1 Å². The predicted octanol–water partition coefficient (Wildman–Crippen LogP) is 1.40. The Morgan fingerprint density at radius 3 is 3.07 bits per heavy atom. The Morgan fingerprint density at radius 2 is 2.40 bits per heavy atom. The van der Waals surface area contributed by atoms with E-state index >= 15 is 0 Å². The van der Waals surface area contributed by atoms with Crippen LogP contribution in [-0.2, 0) is 4.74 Å². The van der Waals surface area contributed by atoms with Gasteiger partial charge in [-0.05, 0) is 0 Å². The molecule has 1 heterocycles. The van der Waals surface area contributed by atoms with E-state index < -0.39 is 21.1 Å². The second-order valence-corrected chi connectivity index (χ2v) is 6.92. The topological polar surface area (TPSA) is 52.3 Å². The molecule has 15 heavy (non-hydrogen) atoms. The van der Waals surface area contributed by atoms with E-state index in [0.29, 0.717) is 12.3 Å². The summed E-state index contributed by atoms with van der Waals surface area (Å²) in [6.07, 6.45) is 2.45. The van der Waals surface area contributed by atoms with E-state index in [1.165, 1.54) is 17.3 Å². The minimum absolute atomic E-state index is 0.309. The van der Waals surface area contributed by atoms with Crippen molar-refractivity contribution in [3.05, 3.63) is 11.8 Å². The van der Waals surface area contributed by atoms with Gasteiger partial charge in [0.15, 0.2) is 0 Å². The van der Waals surface area contributed by atoms with Gasteiger partial charge in [-0.1, -0.05) is 0 Å². The number of unbranched alkanes of at least 4 members (excludes halogenated alkanes) is 1. The molecule has 2 radical (unpaired) electrons. The van der Waals surface area contributed by atoms with Gasteiger partial charge in [-0.25, -0.2) is 0 Å². The summed E-state index contributed by atoms with van der Waals surface area (Å²) in [6, 6.07) is 1.74. The monoisotopic (exact) mass is 317 g/mol. The van der Waals surface area contributed by atoms with Gasteiger partial charge in [0.2, 0.25) is 0 Å². The first-order valence-corrected chi connectivity index (χ1v) is 8.60. The molecule has 0 saturated heterocycles. The Labute approximate surface area is 99.6 Å². The van der Waals surface area contributed by atoms with Crippen molar-refractivity contribution < 1.29 is 14.1 Å². The van der Waals surface area contributed by atoms with Crippen molar-refractivity contribution in [2.75, 3.05) is 6.61 Å². The number of carbonyl (C=O) groups is 1. The summed E-state index contributed by atoms with van der Waals surface area (Å²) >= 11 is -0.657. The van der Waals surface area contributed by atoms with Crippen LogP contribution in [0.15, 0.2) is 10.6 Å². The third-order valence-corrected chi connectivity index (χ3v) is 5.21. The summed E-state index contributed by atoms with van der Waals surface area (Å²) in [6.45, 7) is 4.32. The van der Waals surface area contributed by atoms with E-state index in [4.69, 9.17) is 9.26 Å². The Morgan fingerprint density at radius 1 is 1.60 bits per heavy atom. The molecule has 1 rings (SSSR count). The normalized spacial score (nSPS) is 10.3. The molecule has 0 aliphatic heterocycles. The van der Waals surface area contributed by atoms with Crippen LogP contribution in [-0.4, -0.2) is 38.9 Å². The number of aromatic nitrogens is 1. The van der Waals surface area contributed by atoms with Crippen LogP contribution in [0.25, 0.3) is 0 Å². The third-order valence-electron chi connectivity index (χ3n) is 1.82. The summed E-state index contributed by atoms with van der Waals surface area (Å²) < 4.78 is 12.1. The van der Waals surface area contributed by atoms with E-state index in [-0.39, 0.29) is 5.97 Å². The van der Waals surface area contributed by atoms with Crippen LogP contribution < -0.4 is 3.78 Å². The first kappa shape index (κ1) is 12.5. The van der Waals surface area contributed by atoms with Gasteiger partial charge in [0.05, 0.1) is 0 Å². The number of nitrogens with zero attached hydrogens (tertiary/aromatic N) is 1. The summed E-state index contributed by atoms with van der Waals surface area (Å²) in [5.74, 6) is -0.387. The summed E-state index contributed by atoms with van der Waals surface area (Å²) in [4.78, 5) is 11.3. The van der Waals surface area contributed by atoms with Crippen LogP contribution in [0.4, 0.5) is 0 Å². The molecule has 0 N–H and O–H groups in total. The molecule has 0 aromatic carbocycles. The zero-order valence-electron chi connectivity index (χ0n) is 9.08. The van der Waals surface area contributed by atoms with Crippen molar-refractivity contribution in [2.45, 2.75) is 31.1 Å². The zero-order chi connectivity index (χ0) is 11.1. The number of esters is 1. The summed E-state index contributed by atoms with van der Waals surface area (Å²) in [5, 5.41) is 3.71. The average Bonchev–Trinajstić information content (AvgIpc) is 2.67. The summed E-state index contributed by atoms with van der Waals surface area (Å²) in [5.41, 5.74) is 0.309. The number of hydrogen-bond donors (Lipinski definition) is 0. The van der Waals surface area contributed by atoms with E-state index in [1.807, 2.05) is 0 Å². The number of carbonyl (C=O) groups excluding carboxylic acids is 1. The number of rotatable bonds is 6. The van der Waals surface area contributed by atoms with Gasteiger partial charge < -0.3 is 0 Å². The molecule has 0 atom stereocenters. The van der Waals surface area contributed by atoms with E-state index in [1.54, 1.807) is 13.0 Å². The van der Waals surface area contributed by atoms with Crippen LogP contribution in [0.3, 0.4) is 0 Å². The van der Waals surface area contributed by atoms with Crippen LogP contribution in [0.5, 0.6) is 0 Å². The third kappa shape index (κ3) is 4.23. The summed E-state index contributed by atoms with van der Waals surface area (Å²) in [7, 11) is 0. The van der Waals surface area contributed by atoms with Crippen LogP contribution in [0, 0.1) is 0 Å². The molecule has 0 spiro atoms. The molecule has 0 aliphatic carbocycles. The molecule has 0 bridgehead atoms. The van der Waals surface area contributed by atoms with Gasteiger partial charge in [0.25, 0.3) is 0 Å². The fourth-order valence-electron chi connectivity index (χ4n) is 1.05. The first-order chi connectivity index (χ1) is 7.27. The van der Waals surface area contributed by atoms with Gasteiger partial charge in [0, 0.05) is 0 Å². The maximum atomic E-state index is 11.3. The van der Waals surface area contributed by atoms with Gasteiger partial charge in [-0.3, -0.25) is 0 Å². The van der Waals surface area contributed by atoms with Crippen molar-refractivity contribution in [1.29, 1.82) is 0 Å². The molecule has 0 aliphatic rings. The quantitative estimate of drug-likeness (QED) is 0.452. The second-order valence-electron chi connectivity index (χ2n) is 3.08. The van der Waals surface area contributed by atoms with Crippen molar-refractivity contribution in [3.63, 3.8) is 0 Å². The van der Waals surface area contributed by atoms with Crippen molar-refractivity contribution in [3.8, 4) is 0 Å². The van der Waals surface area contributed by atoms with E-state index in [9.17, 15) is 4.79 Å². The Bertz CT molecular complexity index is 311. The fourth-order valence-corrected chi connectivity index (χ4v) is 4.26. The molecular weight excluding hydrogens is 301 g/mol. The molecule has 0 fully saturated rings. The molecule has 82 valence electrons. The van der Waals surface area contributed by atoms with Gasteiger partial charge >= 0.3 is 99.6 Å². The first-order valence-electron chi connectivity index (χ1n) is 5.15. The minimum atomic E-state index is -0.657. The number of hydrogen-bond acceptors (Lipinski definition) is 4. The van der Waals surface area contributed by atoms with Crippen molar-refractivity contribution in [2.24, 2.45) is 0 Å².